The van der Waals surface area contributed by atoms with Crippen LogP contribution in [0.15, 0.2) is 22.7 Å². The van der Waals surface area contributed by atoms with Crippen LogP contribution in [0.4, 0.5) is 0 Å². The van der Waals surface area contributed by atoms with Crippen molar-refractivity contribution >= 4 is 27.5 Å². The molecule has 1 heterocycles. The van der Waals surface area contributed by atoms with E-state index in [1.54, 1.807) is 0 Å². The Morgan fingerprint density at radius 3 is 2.71 bits per heavy atom. The third kappa shape index (κ3) is 3.95. The molecule has 4 heteroatoms. The lowest BCUT2D eigenvalue weighted by molar-refractivity contribution is 0.0618. The van der Waals surface area contributed by atoms with Crippen LogP contribution in [0.2, 0.25) is 5.02 Å². The molecular weight excluding hydrogens is 302 g/mol. The van der Waals surface area contributed by atoms with Crippen molar-refractivity contribution in [1.82, 2.24) is 0 Å². The zero-order valence-electron chi connectivity index (χ0n) is 9.66. The number of rotatable bonds is 3. The second kappa shape index (κ2) is 6.19. The van der Waals surface area contributed by atoms with Crippen LogP contribution in [-0.2, 0) is 4.74 Å². The minimum absolute atomic E-state index is 0.0631. The van der Waals surface area contributed by atoms with Crippen molar-refractivity contribution in [3.8, 4) is 0 Å². The second-order valence-electron chi connectivity index (χ2n) is 4.60. The highest BCUT2D eigenvalue weighted by Gasteiger charge is 2.18. The number of ether oxygens (including phenoxy) is 1. The van der Waals surface area contributed by atoms with Gasteiger partial charge in [0, 0.05) is 28.8 Å². The van der Waals surface area contributed by atoms with Gasteiger partial charge in [-0.1, -0.05) is 27.5 Å². The lowest BCUT2D eigenvalue weighted by Crippen LogP contribution is -2.21. The molecule has 0 bridgehead atoms. The summed E-state index contributed by atoms with van der Waals surface area (Å²) in [6, 6.07) is 5.95. The quantitative estimate of drug-likeness (QED) is 0.917. The Morgan fingerprint density at radius 1 is 1.35 bits per heavy atom. The van der Waals surface area contributed by atoms with Crippen LogP contribution >= 0.6 is 27.5 Å². The fraction of sp³-hybridized carbons (Fsp3) is 0.538. The van der Waals surface area contributed by atoms with Gasteiger partial charge in [0.05, 0.1) is 0 Å². The van der Waals surface area contributed by atoms with Gasteiger partial charge in [-0.2, -0.15) is 0 Å². The Morgan fingerprint density at radius 2 is 2.06 bits per heavy atom. The lowest BCUT2D eigenvalue weighted by Gasteiger charge is -2.25. The summed E-state index contributed by atoms with van der Waals surface area (Å²) in [6.45, 7) is 1.74. The first-order valence-electron chi connectivity index (χ1n) is 5.94. The smallest absolute Gasteiger partial charge is 0.0468 e. The maximum Gasteiger partial charge on any atom is 0.0468 e. The van der Waals surface area contributed by atoms with E-state index in [1.165, 1.54) is 0 Å². The number of halogens is 2. The van der Waals surface area contributed by atoms with E-state index >= 15 is 0 Å². The Bertz CT molecular complexity index is 359. The predicted molar refractivity (Wildman–Crippen MR) is 74.2 cm³/mol. The van der Waals surface area contributed by atoms with Gasteiger partial charge < -0.3 is 10.5 Å². The molecule has 1 aliphatic heterocycles. The molecule has 17 heavy (non-hydrogen) atoms. The Balaban J connectivity index is 2.00. The molecule has 0 saturated carbocycles. The molecule has 1 aromatic rings. The van der Waals surface area contributed by atoms with Crippen molar-refractivity contribution in [2.75, 3.05) is 13.2 Å². The van der Waals surface area contributed by atoms with E-state index in [4.69, 9.17) is 22.1 Å². The van der Waals surface area contributed by atoms with Crippen LogP contribution in [0.3, 0.4) is 0 Å². The van der Waals surface area contributed by atoms with Crippen molar-refractivity contribution in [3.63, 3.8) is 0 Å². The third-order valence-electron chi connectivity index (χ3n) is 3.24. The molecule has 0 aromatic heterocycles. The maximum atomic E-state index is 6.24. The Kier molecular flexibility index (Phi) is 4.86. The summed E-state index contributed by atoms with van der Waals surface area (Å²) in [5.74, 6) is 0.677. The number of hydrogen-bond donors (Lipinski definition) is 1. The van der Waals surface area contributed by atoms with Gasteiger partial charge >= 0.3 is 0 Å². The lowest BCUT2D eigenvalue weighted by atomic mass is 9.90. The van der Waals surface area contributed by atoms with Crippen molar-refractivity contribution in [1.29, 1.82) is 0 Å². The van der Waals surface area contributed by atoms with E-state index in [0.29, 0.717) is 5.92 Å². The molecule has 1 fully saturated rings. The number of hydrogen-bond acceptors (Lipinski definition) is 2. The van der Waals surface area contributed by atoms with E-state index in [9.17, 15) is 0 Å². The van der Waals surface area contributed by atoms with E-state index in [0.717, 1.165) is 47.5 Å². The van der Waals surface area contributed by atoms with Gasteiger partial charge in [0.15, 0.2) is 0 Å². The molecule has 0 amide bonds. The molecule has 1 saturated heterocycles. The highest BCUT2D eigenvalue weighted by Crippen LogP contribution is 2.29. The van der Waals surface area contributed by atoms with Gasteiger partial charge in [-0.25, -0.2) is 0 Å². The molecule has 2 rings (SSSR count). The molecule has 0 aliphatic carbocycles. The molecular formula is C13H17BrClNO. The summed E-state index contributed by atoms with van der Waals surface area (Å²) < 4.78 is 6.34. The number of benzene rings is 1. The summed E-state index contributed by atoms with van der Waals surface area (Å²) >= 11 is 9.48. The fourth-order valence-electron chi connectivity index (χ4n) is 2.27. The van der Waals surface area contributed by atoms with Gasteiger partial charge in [0.1, 0.15) is 0 Å². The first-order valence-corrected chi connectivity index (χ1v) is 7.11. The van der Waals surface area contributed by atoms with Gasteiger partial charge in [-0.3, -0.25) is 0 Å². The molecule has 2 nitrogen and oxygen atoms in total. The minimum atomic E-state index is 0.0631. The second-order valence-corrected chi connectivity index (χ2v) is 5.95. The largest absolute Gasteiger partial charge is 0.381 e. The summed E-state index contributed by atoms with van der Waals surface area (Å²) in [7, 11) is 0. The van der Waals surface area contributed by atoms with Gasteiger partial charge in [0.25, 0.3) is 0 Å². The van der Waals surface area contributed by atoms with E-state index < -0.39 is 0 Å². The van der Waals surface area contributed by atoms with Gasteiger partial charge in [-0.05, 0) is 48.9 Å². The first-order chi connectivity index (χ1) is 8.15. The average Bonchev–Trinajstić information content (AvgIpc) is 2.29. The number of nitrogens with two attached hydrogens (primary N) is 1. The zero-order valence-corrected chi connectivity index (χ0v) is 12.0. The van der Waals surface area contributed by atoms with Crippen LogP contribution in [0, 0.1) is 5.92 Å². The van der Waals surface area contributed by atoms with Crippen LogP contribution in [0.1, 0.15) is 30.9 Å². The zero-order chi connectivity index (χ0) is 12.3. The summed E-state index contributed by atoms with van der Waals surface area (Å²) in [6.07, 6.45) is 3.25. The molecule has 0 spiro atoms. The minimum Gasteiger partial charge on any atom is -0.381 e. The highest BCUT2D eigenvalue weighted by atomic mass is 79.9. The SMILES string of the molecule is NC(CC1CCOCC1)c1cc(Cl)cc(Br)c1. The summed E-state index contributed by atoms with van der Waals surface area (Å²) in [5, 5.41) is 0.733. The molecule has 2 N–H and O–H groups in total. The first kappa shape index (κ1) is 13.3. The van der Waals surface area contributed by atoms with Gasteiger partial charge in [-0.15, -0.1) is 0 Å². The normalized spacial score (nSPS) is 19.2. The topological polar surface area (TPSA) is 35.2 Å². The molecule has 1 aromatic carbocycles. The Hall–Kier alpha value is -0.0900. The summed E-state index contributed by atoms with van der Waals surface area (Å²) in [4.78, 5) is 0. The molecule has 0 radical (unpaired) electrons. The predicted octanol–water partition coefficient (Wildman–Crippen LogP) is 3.92. The molecule has 1 unspecified atom stereocenters. The van der Waals surface area contributed by atoms with Crippen molar-refractivity contribution in [2.45, 2.75) is 25.3 Å². The Labute approximate surface area is 116 Å². The van der Waals surface area contributed by atoms with Crippen LogP contribution in [0.5, 0.6) is 0 Å². The van der Waals surface area contributed by atoms with Crippen LogP contribution in [-0.4, -0.2) is 13.2 Å². The van der Waals surface area contributed by atoms with Crippen molar-refractivity contribution < 1.29 is 4.74 Å². The van der Waals surface area contributed by atoms with Crippen LogP contribution < -0.4 is 5.73 Å². The summed E-state index contributed by atoms with van der Waals surface area (Å²) in [5.41, 5.74) is 7.35. The van der Waals surface area contributed by atoms with Gasteiger partial charge in [0.2, 0.25) is 0 Å². The van der Waals surface area contributed by atoms with E-state index in [1.807, 2.05) is 12.1 Å². The van der Waals surface area contributed by atoms with E-state index in [-0.39, 0.29) is 6.04 Å². The monoisotopic (exact) mass is 317 g/mol. The molecule has 1 atom stereocenters. The third-order valence-corrected chi connectivity index (χ3v) is 3.92. The van der Waals surface area contributed by atoms with Crippen LogP contribution in [0.25, 0.3) is 0 Å². The van der Waals surface area contributed by atoms with E-state index in [2.05, 4.69) is 22.0 Å². The molecule has 1 aliphatic rings. The fourth-order valence-corrected chi connectivity index (χ4v) is 3.15. The molecule has 94 valence electrons. The maximum absolute atomic E-state index is 6.24. The van der Waals surface area contributed by atoms with Crippen molar-refractivity contribution in [3.05, 3.63) is 33.3 Å². The van der Waals surface area contributed by atoms with Crippen molar-refractivity contribution in [2.24, 2.45) is 11.7 Å². The standard InChI is InChI=1S/C13H17BrClNO/c14-11-6-10(7-12(15)8-11)13(16)5-9-1-3-17-4-2-9/h6-9,13H,1-5,16H2. The highest BCUT2D eigenvalue weighted by molar-refractivity contribution is 9.10. The average molecular weight is 319 g/mol.